The Labute approximate surface area is 148 Å². The van der Waals surface area contributed by atoms with E-state index in [1.165, 1.54) is 0 Å². The van der Waals surface area contributed by atoms with Gasteiger partial charge in [0.25, 0.3) is 0 Å². The van der Waals surface area contributed by atoms with Crippen LogP contribution in [0.1, 0.15) is 24.8 Å². The summed E-state index contributed by atoms with van der Waals surface area (Å²) >= 11 is 0. The smallest absolute Gasteiger partial charge is 0.188 e. The molecule has 1 atom stereocenters. The van der Waals surface area contributed by atoms with Crippen LogP contribution < -0.4 is 9.47 Å². The second kappa shape index (κ2) is 13.0. The zero-order chi connectivity index (χ0) is 18.3. The molecule has 136 valence electrons. The number of aliphatic hydroxyl groups excluding tert-OH is 1. The minimum Gasteiger partial charge on any atom is -0.467 e. The average Bonchev–Trinajstić information content (AvgIpc) is 2.63. The summed E-state index contributed by atoms with van der Waals surface area (Å²) in [6.45, 7) is 0.316. The summed E-state index contributed by atoms with van der Waals surface area (Å²) < 4.78 is 20.8. The van der Waals surface area contributed by atoms with E-state index in [4.69, 9.17) is 29.3 Å². The van der Waals surface area contributed by atoms with Gasteiger partial charge in [0, 0.05) is 20.3 Å². The summed E-state index contributed by atoms with van der Waals surface area (Å²) in [5.41, 5.74) is 0.921. The summed E-state index contributed by atoms with van der Waals surface area (Å²) in [6, 6.07) is 7.34. The molecule has 0 fully saturated rings. The lowest BCUT2D eigenvalue weighted by molar-refractivity contribution is 0.0460. The number of nitrogens with zero attached hydrogens (tertiary/aromatic N) is 1. The van der Waals surface area contributed by atoms with Gasteiger partial charge in [0.1, 0.15) is 17.6 Å². The molecular formula is C19H25NO5. The van der Waals surface area contributed by atoms with Crippen molar-refractivity contribution in [2.45, 2.75) is 25.4 Å². The maximum atomic E-state index is 9.14. The third-order valence-corrected chi connectivity index (χ3v) is 3.12. The molecule has 0 amide bonds. The molecule has 0 aliphatic carbocycles. The molecule has 6 heteroatoms. The van der Waals surface area contributed by atoms with E-state index in [0.29, 0.717) is 17.9 Å². The first-order valence-corrected chi connectivity index (χ1v) is 7.99. The maximum Gasteiger partial charge on any atom is 0.188 e. The van der Waals surface area contributed by atoms with Crippen LogP contribution in [0.25, 0.3) is 6.08 Å². The molecule has 1 aromatic carbocycles. The topological polar surface area (TPSA) is 80.9 Å². The van der Waals surface area contributed by atoms with Gasteiger partial charge in [-0.25, -0.2) is 0 Å². The standard InChI is InChI=1S/C19H25NO5/c1-22-14-24-18-10-16(11-19(12-18)25-15-23-2)8-6-4-3-5-7-9-17(21)13-20/h3-4,6,8,10-12,17,21H,5,7,9,14-15H2,1-2H3/b4-3+,8-6+. The highest BCUT2D eigenvalue weighted by molar-refractivity contribution is 5.56. The number of unbranched alkanes of at least 4 members (excludes halogenated alkanes) is 1. The van der Waals surface area contributed by atoms with Crippen LogP contribution in [0.2, 0.25) is 0 Å². The predicted octanol–water partition coefficient (Wildman–Crippen LogP) is 3.28. The molecule has 25 heavy (non-hydrogen) atoms. The minimum absolute atomic E-state index is 0.158. The van der Waals surface area contributed by atoms with Crippen LogP contribution in [0, 0.1) is 11.3 Å². The summed E-state index contributed by atoms with van der Waals surface area (Å²) in [5.74, 6) is 1.29. The number of nitriles is 1. The van der Waals surface area contributed by atoms with Gasteiger partial charge in [0.2, 0.25) is 0 Å². The van der Waals surface area contributed by atoms with Crippen molar-refractivity contribution < 1.29 is 24.1 Å². The molecule has 1 rings (SSSR count). The second-order valence-corrected chi connectivity index (χ2v) is 5.20. The van der Waals surface area contributed by atoms with Crippen molar-refractivity contribution in [1.82, 2.24) is 0 Å². The lowest BCUT2D eigenvalue weighted by Gasteiger charge is -2.10. The normalized spacial score (nSPS) is 12.4. The van der Waals surface area contributed by atoms with Crippen molar-refractivity contribution in [1.29, 1.82) is 5.26 Å². The molecule has 1 unspecified atom stereocenters. The van der Waals surface area contributed by atoms with E-state index in [1.54, 1.807) is 26.4 Å². The van der Waals surface area contributed by atoms with Gasteiger partial charge in [-0.2, -0.15) is 5.26 Å². The quantitative estimate of drug-likeness (QED) is 0.270. The Morgan fingerprint density at radius 2 is 1.72 bits per heavy atom. The zero-order valence-corrected chi connectivity index (χ0v) is 14.7. The van der Waals surface area contributed by atoms with Gasteiger partial charge >= 0.3 is 0 Å². The minimum atomic E-state index is -0.871. The van der Waals surface area contributed by atoms with Crippen molar-refractivity contribution in [2.75, 3.05) is 27.8 Å². The summed E-state index contributed by atoms with van der Waals surface area (Å²) in [4.78, 5) is 0. The monoisotopic (exact) mass is 347 g/mol. The molecule has 1 aromatic rings. The van der Waals surface area contributed by atoms with E-state index < -0.39 is 6.10 Å². The summed E-state index contributed by atoms with van der Waals surface area (Å²) in [5, 5.41) is 17.6. The summed E-state index contributed by atoms with van der Waals surface area (Å²) in [6.07, 6.45) is 8.96. The van der Waals surface area contributed by atoms with Gasteiger partial charge in [0.05, 0.1) is 6.07 Å². The van der Waals surface area contributed by atoms with Crippen LogP contribution >= 0.6 is 0 Å². The molecule has 1 N–H and O–H groups in total. The van der Waals surface area contributed by atoms with Crippen molar-refractivity contribution in [3.63, 3.8) is 0 Å². The van der Waals surface area contributed by atoms with E-state index in [-0.39, 0.29) is 13.6 Å². The Morgan fingerprint density at radius 3 is 2.28 bits per heavy atom. The predicted molar refractivity (Wildman–Crippen MR) is 95.1 cm³/mol. The molecule has 0 aliphatic heterocycles. The Bertz CT molecular complexity index is 566. The first-order chi connectivity index (χ1) is 12.2. The van der Waals surface area contributed by atoms with Gasteiger partial charge in [0.15, 0.2) is 13.6 Å². The highest BCUT2D eigenvalue weighted by Gasteiger charge is 2.02. The third kappa shape index (κ3) is 9.52. The fourth-order valence-electron chi connectivity index (χ4n) is 1.95. The number of hydrogen-bond acceptors (Lipinski definition) is 6. The number of methoxy groups -OCH3 is 2. The largest absolute Gasteiger partial charge is 0.467 e. The van der Waals surface area contributed by atoms with Crippen molar-refractivity contribution in [3.05, 3.63) is 42.0 Å². The van der Waals surface area contributed by atoms with E-state index in [2.05, 4.69) is 0 Å². The van der Waals surface area contributed by atoms with E-state index in [1.807, 2.05) is 36.4 Å². The summed E-state index contributed by atoms with van der Waals surface area (Å²) in [7, 11) is 3.12. The molecular weight excluding hydrogens is 322 g/mol. The third-order valence-electron chi connectivity index (χ3n) is 3.12. The lowest BCUT2D eigenvalue weighted by Crippen LogP contribution is -2.02. The number of benzene rings is 1. The van der Waals surface area contributed by atoms with Crippen LogP contribution in [0.15, 0.2) is 36.4 Å². The van der Waals surface area contributed by atoms with E-state index in [9.17, 15) is 0 Å². The molecule has 0 spiro atoms. The number of rotatable bonds is 12. The molecule has 0 radical (unpaired) electrons. The van der Waals surface area contributed by atoms with Crippen LogP contribution in [0.5, 0.6) is 11.5 Å². The first kappa shape index (κ1) is 20.7. The number of allylic oxidation sites excluding steroid dienone is 3. The molecule has 0 saturated heterocycles. The molecule has 0 aromatic heterocycles. The molecule has 0 aliphatic rings. The SMILES string of the molecule is COCOc1cc(/C=C/C=C/CCCC(O)C#N)cc(OCOC)c1. The van der Waals surface area contributed by atoms with Gasteiger partial charge < -0.3 is 24.1 Å². The van der Waals surface area contributed by atoms with Crippen molar-refractivity contribution >= 4 is 6.08 Å². The van der Waals surface area contributed by atoms with Crippen LogP contribution in [-0.2, 0) is 9.47 Å². The maximum absolute atomic E-state index is 9.14. The van der Waals surface area contributed by atoms with Gasteiger partial charge in [-0.1, -0.05) is 24.3 Å². The van der Waals surface area contributed by atoms with Gasteiger partial charge in [-0.05, 0) is 37.0 Å². The van der Waals surface area contributed by atoms with Crippen LogP contribution in [-0.4, -0.2) is 39.0 Å². The fourth-order valence-corrected chi connectivity index (χ4v) is 1.95. The number of hydrogen-bond donors (Lipinski definition) is 1. The molecule has 6 nitrogen and oxygen atoms in total. The van der Waals surface area contributed by atoms with Crippen LogP contribution in [0.4, 0.5) is 0 Å². The van der Waals surface area contributed by atoms with Crippen LogP contribution in [0.3, 0.4) is 0 Å². The van der Waals surface area contributed by atoms with E-state index in [0.717, 1.165) is 18.4 Å². The lowest BCUT2D eigenvalue weighted by atomic mass is 10.1. The Balaban J connectivity index is 2.60. The Hall–Kier alpha value is -2.33. The molecule has 0 bridgehead atoms. The number of ether oxygens (including phenoxy) is 4. The van der Waals surface area contributed by atoms with Crippen molar-refractivity contribution in [2.24, 2.45) is 0 Å². The van der Waals surface area contributed by atoms with E-state index >= 15 is 0 Å². The highest BCUT2D eigenvalue weighted by atomic mass is 16.7. The fraction of sp³-hybridized carbons (Fsp3) is 0.421. The highest BCUT2D eigenvalue weighted by Crippen LogP contribution is 2.24. The Kier molecular flexibility index (Phi) is 10.8. The average molecular weight is 347 g/mol. The zero-order valence-electron chi connectivity index (χ0n) is 14.7. The molecule has 0 saturated carbocycles. The second-order valence-electron chi connectivity index (χ2n) is 5.20. The first-order valence-electron chi connectivity index (χ1n) is 7.99. The number of aliphatic hydroxyl groups is 1. The van der Waals surface area contributed by atoms with Gasteiger partial charge in [-0.3, -0.25) is 0 Å². The van der Waals surface area contributed by atoms with Gasteiger partial charge in [-0.15, -0.1) is 0 Å². The molecule has 0 heterocycles. The van der Waals surface area contributed by atoms with Crippen molar-refractivity contribution in [3.8, 4) is 17.6 Å². The Morgan fingerprint density at radius 1 is 1.08 bits per heavy atom.